The maximum absolute atomic E-state index is 12.9. The predicted molar refractivity (Wildman–Crippen MR) is 126 cm³/mol. The molecule has 1 saturated heterocycles. The van der Waals surface area contributed by atoms with Gasteiger partial charge in [-0.1, -0.05) is 38.1 Å². The van der Waals surface area contributed by atoms with Crippen LogP contribution in [0.25, 0.3) is 0 Å². The summed E-state index contributed by atoms with van der Waals surface area (Å²) >= 11 is 0. The quantitative estimate of drug-likeness (QED) is 0.598. The van der Waals surface area contributed by atoms with Crippen LogP contribution in [0.5, 0.6) is 0 Å². The van der Waals surface area contributed by atoms with E-state index in [4.69, 9.17) is 0 Å². The van der Waals surface area contributed by atoms with Crippen LogP contribution in [0.2, 0.25) is 0 Å². The van der Waals surface area contributed by atoms with Crippen molar-refractivity contribution in [3.05, 3.63) is 59.7 Å². The van der Waals surface area contributed by atoms with E-state index in [1.807, 2.05) is 24.1 Å². The highest BCUT2D eigenvalue weighted by Gasteiger charge is 2.30. The molecule has 0 aromatic heterocycles. The van der Waals surface area contributed by atoms with E-state index in [1.165, 1.54) is 41.1 Å². The number of carbonyl (C=O) groups excluding carboxylic acids is 2. The monoisotopic (exact) mass is 457 g/mol. The molecule has 0 bridgehead atoms. The highest BCUT2D eigenvalue weighted by molar-refractivity contribution is 7.89. The first-order valence-corrected chi connectivity index (χ1v) is 12.2. The van der Waals surface area contributed by atoms with Gasteiger partial charge in [0.15, 0.2) is 5.78 Å². The summed E-state index contributed by atoms with van der Waals surface area (Å²) in [7, 11) is -1.77. The number of rotatable bonds is 7. The standard InChI is InChI=1S/C24H31N3O4S/c1-18(2)21-6-5-7-22(16-21)25(4)17-24(29)26-12-14-27(15-13-26)32(30,31)23-10-8-20(9-11-23)19(3)28/h5-11,16,18H,12-15,17H2,1-4H3. The average molecular weight is 458 g/mol. The van der Waals surface area contributed by atoms with E-state index in [1.54, 1.807) is 4.90 Å². The Hall–Kier alpha value is -2.71. The molecule has 3 rings (SSSR count). The lowest BCUT2D eigenvalue weighted by Crippen LogP contribution is -2.52. The third-order valence-electron chi connectivity index (χ3n) is 5.84. The minimum Gasteiger partial charge on any atom is -0.365 e. The summed E-state index contributed by atoms with van der Waals surface area (Å²) in [6.07, 6.45) is 0. The number of sulfonamides is 1. The number of benzene rings is 2. The first-order chi connectivity index (χ1) is 15.1. The molecule has 0 atom stereocenters. The third-order valence-corrected chi connectivity index (χ3v) is 7.75. The molecule has 1 aliphatic rings. The lowest BCUT2D eigenvalue weighted by molar-refractivity contribution is -0.130. The SMILES string of the molecule is CC(=O)c1ccc(S(=O)(=O)N2CCN(C(=O)CN(C)c3cccc(C(C)C)c3)CC2)cc1. The van der Waals surface area contributed by atoms with E-state index < -0.39 is 10.0 Å². The maximum Gasteiger partial charge on any atom is 0.243 e. The van der Waals surface area contributed by atoms with Gasteiger partial charge in [-0.2, -0.15) is 4.31 Å². The Kier molecular flexibility index (Phi) is 7.36. The van der Waals surface area contributed by atoms with Gasteiger partial charge in [-0.3, -0.25) is 9.59 Å². The number of likely N-dealkylation sites (N-methyl/N-ethyl adjacent to an activating group) is 1. The lowest BCUT2D eigenvalue weighted by Gasteiger charge is -2.35. The number of nitrogens with zero attached hydrogens (tertiary/aromatic N) is 3. The molecule has 2 aromatic rings. The molecule has 8 heteroatoms. The zero-order chi connectivity index (χ0) is 23.5. The summed E-state index contributed by atoms with van der Waals surface area (Å²) < 4.78 is 27.2. The maximum atomic E-state index is 12.9. The zero-order valence-electron chi connectivity index (χ0n) is 19.1. The fourth-order valence-corrected chi connectivity index (χ4v) is 5.13. The average Bonchev–Trinajstić information content (AvgIpc) is 2.79. The molecule has 0 spiro atoms. The molecule has 1 heterocycles. The molecule has 0 saturated carbocycles. The molecule has 7 nitrogen and oxygen atoms in total. The van der Waals surface area contributed by atoms with Crippen LogP contribution in [0.4, 0.5) is 5.69 Å². The van der Waals surface area contributed by atoms with E-state index in [-0.39, 0.29) is 36.2 Å². The molecule has 172 valence electrons. The van der Waals surface area contributed by atoms with Crippen LogP contribution in [0.1, 0.15) is 42.6 Å². The number of piperazine rings is 1. The van der Waals surface area contributed by atoms with Crippen LogP contribution in [-0.4, -0.2) is 69.1 Å². The van der Waals surface area contributed by atoms with Gasteiger partial charge >= 0.3 is 0 Å². The second-order valence-corrected chi connectivity index (χ2v) is 10.4. The molecule has 1 fully saturated rings. The molecule has 0 aliphatic carbocycles. The summed E-state index contributed by atoms with van der Waals surface area (Å²) in [5.74, 6) is 0.278. The molecule has 1 amide bonds. The summed E-state index contributed by atoms with van der Waals surface area (Å²) in [4.78, 5) is 28.0. The van der Waals surface area contributed by atoms with Crippen molar-refractivity contribution < 1.29 is 18.0 Å². The van der Waals surface area contributed by atoms with Crippen LogP contribution >= 0.6 is 0 Å². The molecule has 0 N–H and O–H groups in total. The third kappa shape index (κ3) is 5.37. The van der Waals surface area contributed by atoms with Crippen LogP contribution < -0.4 is 4.90 Å². The fourth-order valence-electron chi connectivity index (χ4n) is 3.70. The number of hydrogen-bond acceptors (Lipinski definition) is 5. The number of ketones is 1. The van der Waals surface area contributed by atoms with Gasteiger partial charge in [-0.25, -0.2) is 8.42 Å². The molecular formula is C24H31N3O4S. The Labute approximate surface area is 190 Å². The summed E-state index contributed by atoms with van der Waals surface area (Å²) in [5.41, 5.74) is 2.68. The van der Waals surface area contributed by atoms with Crippen molar-refractivity contribution in [1.29, 1.82) is 0 Å². The minimum absolute atomic E-state index is 0.0229. The molecule has 0 radical (unpaired) electrons. The smallest absolute Gasteiger partial charge is 0.243 e. The molecule has 0 unspecified atom stereocenters. The van der Waals surface area contributed by atoms with Gasteiger partial charge in [0.25, 0.3) is 0 Å². The summed E-state index contributed by atoms with van der Waals surface area (Å²) in [5, 5.41) is 0. The molecular weight excluding hydrogens is 426 g/mol. The zero-order valence-corrected chi connectivity index (χ0v) is 19.9. The Bertz CT molecular complexity index is 1070. The second kappa shape index (κ2) is 9.83. The van der Waals surface area contributed by atoms with Gasteiger partial charge in [-0.15, -0.1) is 0 Å². The van der Waals surface area contributed by atoms with Crippen molar-refractivity contribution in [2.75, 3.05) is 44.7 Å². The van der Waals surface area contributed by atoms with Crippen LogP contribution in [0.3, 0.4) is 0 Å². The van der Waals surface area contributed by atoms with Gasteiger partial charge < -0.3 is 9.80 Å². The first-order valence-electron chi connectivity index (χ1n) is 10.8. The topological polar surface area (TPSA) is 78.0 Å². The van der Waals surface area contributed by atoms with Crippen LogP contribution in [0.15, 0.2) is 53.4 Å². The highest BCUT2D eigenvalue weighted by Crippen LogP contribution is 2.22. The van der Waals surface area contributed by atoms with E-state index in [2.05, 4.69) is 26.0 Å². The van der Waals surface area contributed by atoms with Gasteiger partial charge in [0, 0.05) is 44.5 Å². The van der Waals surface area contributed by atoms with Crippen molar-refractivity contribution in [1.82, 2.24) is 9.21 Å². The van der Waals surface area contributed by atoms with Crippen molar-refractivity contribution >= 4 is 27.4 Å². The van der Waals surface area contributed by atoms with Gasteiger partial charge in [0.2, 0.25) is 15.9 Å². The molecule has 1 aliphatic heterocycles. The fraction of sp³-hybridized carbons (Fsp3) is 0.417. The number of amides is 1. The molecule has 2 aromatic carbocycles. The van der Waals surface area contributed by atoms with Crippen molar-refractivity contribution in [3.8, 4) is 0 Å². The Morgan fingerprint density at radius 1 is 1.00 bits per heavy atom. The largest absolute Gasteiger partial charge is 0.365 e. The number of hydrogen-bond donors (Lipinski definition) is 0. The molecule has 32 heavy (non-hydrogen) atoms. The number of anilines is 1. The van der Waals surface area contributed by atoms with Crippen molar-refractivity contribution in [3.63, 3.8) is 0 Å². The van der Waals surface area contributed by atoms with E-state index in [0.717, 1.165) is 5.69 Å². The van der Waals surface area contributed by atoms with E-state index in [9.17, 15) is 18.0 Å². The van der Waals surface area contributed by atoms with Crippen molar-refractivity contribution in [2.24, 2.45) is 0 Å². The lowest BCUT2D eigenvalue weighted by atomic mass is 10.0. The number of Topliss-reactive ketones (excluding diaryl/α,β-unsaturated/α-hetero) is 1. The second-order valence-electron chi connectivity index (χ2n) is 8.47. The summed E-state index contributed by atoms with van der Waals surface area (Å²) in [6, 6.07) is 14.1. The van der Waals surface area contributed by atoms with Crippen LogP contribution in [0, 0.1) is 0 Å². The van der Waals surface area contributed by atoms with Crippen LogP contribution in [-0.2, 0) is 14.8 Å². The first kappa shape index (κ1) is 23.9. The van der Waals surface area contributed by atoms with E-state index in [0.29, 0.717) is 24.6 Å². The number of carbonyl (C=O) groups is 2. The minimum atomic E-state index is -3.66. The van der Waals surface area contributed by atoms with Gasteiger partial charge in [0.1, 0.15) is 0 Å². The predicted octanol–water partition coefficient (Wildman–Crippen LogP) is 2.98. The normalized spacial score (nSPS) is 15.1. The summed E-state index contributed by atoms with van der Waals surface area (Å²) in [6.45, 7) is 7.14. The Balaban J connectivity index is 1.59. The van der Waals surface area contributed by atoms with E-state index >= 15 is 0 Å². The van der Waals surface area contributed by atoms with Gasteiger partial charge in [0.05, 0.1) is 11.4 Å². The Morgan fingerprint density at radius 3 is 2.19 bits per heavy atom. The van der Waals surface area contributed by atoms with Crippen molar-refractivity contribution in [2.45, 2.75) is 31.6 Å². The Morgan fingerprint density at radius 2 is 1.62 bits per heavy atom. The highest BCUT2D eigenvalue weighted by atomic mass is 32.2. The van der Waals surface area contributed by atoms with Gasteiger partial charge in [-0.05, 0) is 42.7 Å².